The molecule has 1 amide bonds. The van der Waals surface area contributed by atoms with Crippen LogP contribution in [0.25, 0.3) is 0 Å². The lowest BCUT2D eigenvalue weighted by atomic mass is 10.1. The minimum atomic E-state index is -0.0822. The molecule has 4 nitrogen and oxygen atoms in total. The highest BCUT2D eigenvalue weighted by atomic mass is 79.9. The second-order valence-corrected chi connectivity index (χ2v) is 6.18. The fourth-order valence-corrected chi connectivity index (χ4v) is 2.69. The molecular formula is C18H20BrNO3. The Morgan fingerprint density at radius 3 is 2.30 bits per heavy atom. The van der Waals surface area contributed by atoms with Gasteiger partial charge in [-0.25, -0.2) is 0 Å². The molecule has 0 aliphatic carbocycles. The largest absolute Gasteiger partial charge is 0.493 e. The number of carbonyl (C=O) groups is 1. The van der Waals surface area contributed by atoms with E-state index in [0.717, 1.165) is 21.3 Å². The van der Waals surface area contributed by atoms with Crippen LogP contribution in [0.4, 0.5) is 5.69 Å². The highest BCUT2D eigenvalue weighted by Gasteiger charge is 2.13. The third-order valence-corrected chi connectivity index (χ3v) is 4.43. The topological polar surface area (TPSA) is 47.6 Å². The van der Waals surface area contributed by atoms with Crippen LogP contribution in [-0.4, -0.2) is 20.1 Å². The van der Waals surface area contributed by atoms with Gasteiger partial charge >= 0.3 is 0 Å². The Balaban J connectivity index is 2.15. The van der Waals surface area contributed by atoms with Crippen LogP contribution in [0.15, 0.2) is 34.8 Å². The van der Waals surface area contributed by atoms with E-state index in [9.17, 15) is 4.79 Å². The first kappa shape index (κ1) is 17.3. The van der Waals surface area contributed by atoms with Crippen molar-refractivity contribution < 1.29 is 14.3 Å². The van der Waals surface area contributed by atoms with Gasteiger partial charge in [-0.2, -0.15) is 0 Å². The minimum Gasteiger partial charge on any atom is -0.493 e. The van der Waals surface area contributed by atoms with Gasteiger partial charge in [0.2, 0.25) is 5.91 Å². The summed E-state index contributed by atoms with van der Waals surface area (Å²) in [4.78, 5) is 12.3. The number of rotatable bonds is 5. The molecule has 0 unspecified atom stereocenters. The normalized spacial score (nSPS) is 10.3. The number of anilines is 1. The first-order valence-corrected chi connectivity index (χ1v) is 8.01. The number of amides is 1. The summed E-state index contributed by atoms with van der Waals surface area (Å²) in [6.07, 6.45) is 0.244. The average Bonchev–Trinajstić information content (AvgIpc) is 2.52. The third-order valence-electron chi connectivity index (χ3n) is 3.69. The molecule has 2 aromatic carbocycles. The Kier molecular flexibility index (Phi) is 5.66. The van der Waals surface area contributed by atoms with E-state index in [-0.39, 0.29) is 12.3 Å². The van der Waals surface area contributed by atoms with Gasteiger partial charge in [0.15, 0.2) is 11.5 Å². The summed E-state index contributed by atoms with van der Waals surface area (Å²) >= 11 is 3.47. The minimum absolute atomic E-state index is 0.0822. The smallest absolute Gasteiger partial charge is 0.228 e. The average molecular weight is 378 g/mol. The van der Waals surface area contributed by atoms with Gasteiger partial charge < -0.3 is 14.8 Å². The lowest BCUT2D eigenvalue weighted by molar-refractivity contribution is -0.115. The molecule has 1 N–H and O–H groups in total. The van der Waals surface area contributed by atoms with Crippen molar-refractivity contribution in [1.82, 2.24) is 0 Å². The number of hydrogen-bond acceptors (Lipinski definition) is 3. The lowest BCUT2D eigenvalue weighted by Gasteiger charge is -2.12. The van der Waals surface area contributed by atoms with Crippen LogP contribution in [0.1, 0.15) is 16.7 Å². The van der Waals surface area contributed by atoms with E-state index in [1.54, 1.807) is 20.3 Å². The molecule has 0 aliphatic heterocycles. The maximum atomic E-state index is 12.3. The van der Waals surface area contributed by atoms with E-state index < -0.39 is 0 Å². The SMILES string of the molecule is COc1cc(Br)c(CC(=O)Nc2ccc(C)c(C)c2)cc1OC. The summed E-state index contributed by atoms with van der Waals surface area (Å²) in [6.45, 7) is 4.07. The van der Waals surface area contributed by atoms with E-state index >= 15 is 0 Å². The van der Waals surface area contributed by atoms with Crippen LogP contribution in [0.3, 0.4) is 0 Å². The molecule has 0 bridgehead atoms. The number of hydrogen-bond donors (Lipinski definition) is 1. The van der Waals surface area contributed by atoms with Crippen LogP contribution >= 0.6 is 15.9 Å². The van der Waals surface area contributed by atoms with Crippen molar-refractivity contribution in [3.63, 3.8) is 0 Å². The maximum Gasteiger partial charge on any atom is 0.228 e. The van der Waals surface area contributed by atoms with Gasteiger partial charge in [0.05, 0.1) is 20.6 Å². The number of ether oxygens (including phenoxy) is 2. The van der Waals surface area contributed by atoms with E-state index in [0.29, 0.717) is 11.5 Å². The zero-order valence-electron chi connectivity index (χ0n) is 13.7. The monoisotopic (exact) mass is 377 g/mol. The second-order valence-electron chi connectivity index (χ2n) is 5.32. The molecule has 0 atom stereocenters. The fourth-order valence-electron chi connectivity index (χ4n) is 2.23. The molecular weight excluding hydrogens is 358 g/mol. The summed E-state index contributed by atoms with van der Waals surface area (Å²) in [7, 11) is 3.15. The molecule has 0 aromatic heterocycles. The molecule has 0 radical (unpaired) electrons. The van der Waals surface area contributed by atoms with E-state index in [4.69, 9.17) is 9.47 Å². The predicted octanol–water partition coefficient (Wildman–Crippen LogP) is 4.26. The number of aryl methyl sites for hydroxylation is 2. The molecule has 5 heteroatoms. The van der Waals surface area contributed by atoms with Crippen molar-refractivity contribution in [2.75, 3.05) is 19.5 Å². The van der Waals surface area contributed by atoms with Crippen LogP contribution in [0.5, 0.6) is 11.5 Å². The van der Waals surface area contributed by atoms with Crippen molar-refractivity contribution in [2.45, 2.75) is 20.3 Å². The van der Waals surface area contributed by atoms with Crippen LogP contribution in [-0.2, 0) is 11.2 Å². The molecule has 0 saturated heterocycles. The molecule has 0 spiro atoms. The van der Waals surface area contributed by atoms with Crippen molar-refractivity contribution in [3.8, 4) is 11.5 Å². The van der Waals surface area contributed by atoms with Gasteiger partial charge in [-0.3, -0.25) is 4.79 Å². The molecule has 122 valence electrons. The van der Waals surface area contributed by atoms with Crippen molar-refractivity contribution in [1.29, 1.82) is 0 Å². The standard InChI is InChI=1S/C18H20BrNO3/c1-11-5-6-14(7-12(11)2)20-18(21)9-13-8-16(22-3)17(23-4)10-15(13)19/h5-8,10H,9H2,1-4H3,(H,20,21). The number of carbonyl (C=O) groups excluding carboxylic acids is 1. The molecule has 2 aromatic rings. The maximum absolute atomic E-state index is 12.3. The Bertz CT molecular complexity index is 728. The van der Waals surface area contributed by atoms with Crippen molar-refractivity contribution in [3.05, 3.63) is 51.5 Å². The Hall–Kier alpha value is -2.01. The summed E-state index contributed by atoms with van der Waals surface area (Å²) in [5.41, 5.74) is 3.99. The van der Waals surface area contributed by atoms with E-state index in [1.165, 1.54) is 5.56 Å². The summed E-state index contributed by atoms with van der Waals surface area (Å²) in [5.74, 6) is 1.14. The van der Waals surface area contributed by atoms with Gasteiger partial charge in [-0.05, 0) is 54.8 Å². The van der Waals surface area contributed by atoms with Gasteiger partial charge in [-0.1, -0.05) is 22.0 Å². The van der Waals surface area contributed by atoms with Crippen LogP contribution < -0.4 is 14.8 Å². The highest BCUT2D eigenvalue weighted by Crippen LogP contribution is 2.33. The predicted molar refractivity (Wildman–Crippen MR) is 95.5 cm³/mol. The van der Waals surface area contributed by atoms with Gasteiger partial charge in [0.25, 0.3) is 0 Å². The molecule has 2 rings (SSSR count). The summed E-state index contributed by atoms with van der Waals surface area (Å²) in [6, 6.07) is 9.48. The molecule has 0 fully saturated rings. The molecule has 23 heavy (non-hydrogen) atoms. The second kappa shape index (κ2) is 7.51. The molecule has 0 saturated carbocycles. The number of methoxy groups -OCH3 is 2. The van der Waals surface area contributed by atoms with Crippen LogP contribution in [0.2, 0.25) is 0 Å². The number of nitrogens with one attached hydrogen (secondary N) is 1. The van der Waals surface area contributed by atoms with Gasteiger partial charge in [0, 0.05) is 10.2 Å². The van der Waals surface area contributed by atoms with Crippen molar-refractivity contribution in [2.24, 2.45) is 0 Å². The fraction of sp³-hybridized carbons (Fsp3) is 0.278. The Labute approximate surface area is 144 Å². The Morgan fingerprint density at radius 2 is 1.70 bits per heavy atom. The van der Waals surface area contributed by atoms with Gasteiger partial charge in [-0.15, -0.1) is 0 Å². The zero-order valence-corrected chi connectivity index (χ0v) is 15.3. The summed E-state index contributed by atoms with van der Waals surface area (Å²) in [5, 5.41) is 2.92. The van der Waals surface area contributed by atoms with Gasteiger partial charge in [0.1, 0.15) is 0 Å². The van der Waals surface area contributed by atoms with E-state index in [2.05, 4.69) is 21.2 Å². The number of halogens is 1. The highest BCUT2D eigenvalue weighted by molar-refractivity contribution is 9.10. The van der Waals surface area contributed by atoms with Crippen LogP contribution in [0, 0.1) is 13.8 Å². The van der Waals surface area contributed by atoms with Crippen molar-refractivity contribution >= 4 is 27.5 Å². The Morgan fingerprint density at radius 1 is 1.04 bits per heavy atom. The first-order chi connectivity index (χ1) is 10.9. The number of benzene rings is 2. The first-order valence-electron chi connectivity index (χ1n) is 7.22. The molecule has 0 heterocycles. The quantitative estimate of drug-likeness (QED) is 0.846. The zero-order chi connectivity index (χ0) is 17.0. The van der Waals surface area contributed by atoms with E-state index in [1.807, 2.05) is 38.1 Å². The lowest BCUT2D eigenvalue weighted by Crippen LogP contribution is -2.15. The molecule has 0 aliphatic rings. The third kappa shape index (κ3) is 4.26. The summed E-state index contributed by atoms with van der Waals surface area (Å²) < 4.78 is 11.3.